The van der Waals surface area contributed by atoms with Gasteiger partial charge in [0.1, 0.15) is 15.9 Å². The van der Waals surface area contributed by atoms with Gasteiger partial charge in [0, 0.05) is 41.2 Å². The molecule has 1 aliphatic carbocycles. The average Bonchev–Trinajstić information content (AvgIpc) is 3.39. The lowest BCUT2D eigenvalue weighted by molar-refractivity contribution is 0.00693. The summed E-state index contributed by atoms with van der Waals surface area (Å²) in [5.74, 6) is 0.0499. The number of aliphatic imine (C=N–C) groups is 1. The number of allylic oxidation sites excluding steroid dienone is 2. The van der Waals surface area contributed by atoms with Gasteiger partial charge >= 0.3 is 0 Å². The van der Waals surface area contributed by atoms with Gasteiger partial charge < -0.3 is 20.7 Å². The first-order valence-electron chi connectivity index (χ1n) is 12.5. The van der Waals surface area contributed by atoms with E-state index in [0.29, 0.717) is 17.7 Å². The van der Waals surface area contributed by atoms with Gasteiger partial charge in [-0.2, -0.15) is 0 Å². The van der Waals surface area contributed by atoms with Gasteiger partial charge in [0.25, 0.3) is 0 Å². The van der Waals surface area contributed by atoms with Crippen LogP contribution in [-0.4, -0.2) is 44.0 Å². The summed E-state index contributed by atoms with van der Waals surface area (Å²) in [4.78, 5) is 4.61. The number of rotatable bonds is 9. The molecular weight excluding hydrogens is 617 g/mol. The first-order chi connectivity index (χ1) is 19.1. The minimum Gasteiger partial charge on any atom is -0.388 e. The molecule has 0 amide bonds. The molecule has 2 aromatic carbocycles. The first kappa shape index (κ1) is 28.6. The van der Waals surface area contributed by atoms with Gasteiger partial charge in [-0.3, -0.25) is 5.73 Å². The standard InChI is InChI=1S/C28H29BrFN5O3S2/c1-40(36,37)13-12-32-15-25-35-24(17-39-25)20-9-10-23-22(14-20)28(31,34-18-33-23)21-8-5-11-27(29,30)26(21)38-16-19-6-3-2-4-7-19/h2-11,14-15,17-18,26,32,35H,12-13,16,31H2,1H3,(H,33,34). The fourth-order valence-corrected chi connectivity index (χ4v) is 6.31. The third-order valence-corrected chi connectivity index (χ3v) is 9.02. The third kappa shape index (κ3) is 6.36. The molecule has 2 aliphatic heterocycles. The van der Waals surface area contributed by atoms with Crippen molar-refractivity contribution in [1.82, 2.24) is 10.6 Å². The van der Waals surface area contributed by atoms with E-state index >= 15 is 4.39 Å². The number of nitrogens with zero attached hydrogens (tertiary/aromatic N) is 1. The first-order valence-corrected chi connectivity index (χ1v) is 16.2. The normalized spacial score (nSPS) is 26.5. The van der Waals surface area contributed by atoms with Gasteiger partial charge in [-0.1, -0.05) is 60.3 Å². The number of alkyl halides is 2. The SMILES string of the molecule is CS(=O)(=O)CCNC=C1NC(c2ccc3c(c2)C(N)(C2=CC=CC(F)(Br)C2OCc2ccccc2)N=CN3)=CS1. The van der Waals surface area contributed by atoms with Gasteiger partial charge in [0.15, 0.2) is 5.66 Å². The van der Waals surface area contributed by atoms with Crippen molar-refractivity contribution in [3.05, 3.63) is 106 Å². The van der Waals surface area contributed by atoms with E-state index in [1.807, 2.05) is 53.9 Å². The molecule has 8 nitrogen and oxygen atoms in total. The molecule has 210 valence electrons. The Balaban J connectivity index is 1.39. The maximum atomic E-state index is 15.8. The Morgan fingerprint density at radius 2 is 2.08 bits per heavy atom. The Labute approximate surface area is 245 Å². The quantitative estimate of drug-likeness (QED) is 0.233. The number of nitrogens with one attached hydrogen (secondary N) is 3. The van der Waals surface area contributed by atoms with Crippen LogP contribution in [0, 0.1) is 0 Å². The highest BCUT2D eigenvalue weighted by atomic mass is 79.9. The minimum absolute atomic E-state index is 0.0499. The van der Waals surface area contributed by atoms with Gasteiger partial charge in [0.05, 0.1) is 29.4 Å². The van der Waals surface area contributed by atoms with Crippen LogP contribution in [-0.2, 0) is 26.8 Å². The van der Waals surface area contributed by atoms with E-state index in [9.17, 15) is 8.42 Å². The second kappa shape index (κ2) is 11.5. The van der Waals surface area contributed by atoms with Crippen LogP contribution in [0.5, 0.6) is 0 Å². The van der Waals surface area contributed by atoms with Gasteiger partial charge in [-0.05, 0) is 45.3 Å². The number of hydrogen-bond acceptors (Lipinski definition) is 9. The molecule has 5 N–H and O–H groups in total. The average molecular weight is 647 g/mol. The third-order valence-electron chi connectivity index (χ3n) is 6.57. The molecule has 3 atom stereocenters. The van der Waals surface area contributed by atoms with Crippen molar-refractivity contribution in [2.75, 3.05) is 23.9 Å². The van der Waals surface area contributed by atoms with Crippen LogP contribution in [0.4, 0.5) is 10.1 Å². The lowest BCUT2D eigenvalue weighted by atomic mass is 9.82. The van der Waals surface area contributed by atoms with Crippen LogP contribution < -0.4 is 21.7 Å². The van der Waals surface area contributed by atoms with Crippen molar-refractivity contribution in [2.24, 2.45) is 10.7 Å². The highest BCUT2D eigenvalue weighted by Crippen LogP contribution is 2.46. The summed E-state index contributed by atoms with van der Waals surface area (Å²) in [6, 6.07) is 15.4. The Kier molecular flexibility index (Phi) is 8.25. The highest BCUT2D eigenvalue weighted by Gasteiger charge is 2.48. The number of sulfone groups is 1. The summed E-state index contributed by atoms with van der Waals surface area (Å²) >= 11 is 4.68. The molecule has 0 spiro atoms. The summed E-state index contributed by atoms with van der Waals surface area (Å²) in [6.07, 6.45) is 8.23. The second-order valence-electron chi connectivity index (χ2n) is 9.63. The molecule has 3 aliphatic rings. The van der Waals surface area contributed by atoms with E-state index < -0.39 is 26.2 Å². The molecule has 0 fully saturated rings. The molecule has 0 bridgehead atoms. The van der Waals surface area contributed by atoms with E-state index in [1.165, 1.54) is 30.4 Å². The van der Waals surface area contributed by atoms with Gasteiger partial charge in [-0.15, -0.1) is 0 Å². The van der Waals surface area contributed by atoms with Crippen LogP contribution >= 0.6 is 27.7 Å². The van der Waals surface area contributed by atoms with Gasteiger partial charge in [0.2, 0.25) is 4.58 Å². The van der Waals surface area contributed by atoms with E-state index in [0.717, 1.165) is 27.5 Å². The summed E-state index contributed by atoms with van der Waals surface area (Å²) in [7, 11) is -3.04. The van der Waals surface area contributed by atoms with Crippen LogP contribution in [0.15, 0.2) is 94.0 Å². The molecule has 0 saturated carbocycles. The maximum Gasteiger partial charge on any atom is 0.213 e. The smallest absolute Gasteiger partial charge is 0.213 e. The Hall–Kier alpha value is -2.90. The number of hydrogen-bond donors (Lipinski definition) is 4. The molecule has 12 heteroatoms. The molecule has 5 rings (SSSR count). The number of benzene rings is 2. The number of nitrogens with two attached hydrogens (primary N) is 1. The van der Waals surface area contributed by atoms with Crippen LogP contribution in [0.25, 0.3) is 5.70 Å². The van der Waals surface area contributed by atoms with Crippen molar-refractivity contribution in [1.29, 1.82) is 0 Å². The number of ether oxygens (including phenoxy) is 1. The fourth-order valence-electron chi connectivity index (χ4n) is 4.53. The molecule has 3 unspecified atom stereocenters. The van der Waals surface area contributed by atoms with Gasteiger partial charge in [-0.25, -0.2) is 17.8 Å². The van der Waals surface area contributed by atoms with E-state index in [-0.39, 0.29) is 12.4 Å². The summed E-state index contributed by atoms with van der Waals surface area (Å²) in [5, 5.41) is 12.3. The topological polar surface area (TPSA) is 118 Å². The van der Waals surface area contributed by atoms with E-state index in [4.69, 9.17) is 10.5 Å². The highest BCUT2D eigenvalue weighted by molar-refractivity contribution is 9.10. The monoisotopic (exact) mass is 645 g/mol. The summed E-state index contributed by atoms with van der Waals surface area (Å²) in [6.45, 7) is 0.513. The van der Waals surface area contributed by atoms with Crippen molar-refractivity contribution in [2.45, 2.75) is 23.0 Å². The predicted octanol–water partition coefficient (Wildman–Crippen LogP) is 4.46. The lowest BCUT2D eigenvalue weighted by Crippen LogP contribution is -2.49. The number of halogens is 2. The van der Waals surface area contributed by atoms with Crippen LogP contribution in [0.2, 0.25) is 0 Å². The number of fused-ring (bicyclic) bond motifs is 1. The Bertz CT molecular complexity index is 1540. The number of anilines is 1. The lowest BCUT2D eigenvalue weighted by Gasteiger charge is -2.40. The molecule has 0 aromatic heterocycles. The number of thioether (sulfide) groups is 1. The molecule has 40 heavy (non-hydrogen) atoms. The second-order valence-corrected chi connectivity index (χ2v) is 14.0. The molecule has 2 heterocycles. The van der Waals surface area contributed by atoms with E-state index in [2.05, 4.69) is 36.9 Å². The van der Waals surface area contributed by atoms with Crippen molar-refractivity contribution < 1.29 is 17.5 Å². The van der Waals surface area contributed by atoms with E-state index in [1.54, 1.807) is 18.4 Å². The molecule has 2 aromatic rings. The van der Waals surface area contributed by atoms with Crippen LogP contribution in [0.3, 0.4) is 0 Å². The fraction of sp³-hybridized carbons (Fsp3) is 0.250. The Morgan fingerprint density at radius 3 is 2.85 bits per heavy atom. The summed E-state index contributed by atoms with van der Waals surface area (Å²) in [5.41, 5.74) is 10.1. The molecule has 0 saturated heterocycles. The zero-order chi connectivity index (χ0) is 28.4. The largest absolute Gasteiger partial charge is 0.388 e. The predicted molar refractivity (Wildman–Crippen MR) is 164 cm³/mol. The zero-order valence-corrected chi connectivity index (χ0v) is 24.8. The molecule has 0 radical (unpaired) electrons. The van der Waals surface area contributed by atoms with Crippen LogP contribution in [0.1, 0.15) is 16.7 Å². The minimum atomic E-state index is -3.04. The van der Waals surface area contributed by atoms with Crippen molar-refractivity contribution >= 4 is 55.3 Å². The maximum absolute atomic E-state index is 15.8. The van der Waals surface area contributed by atoms with Crippen molar-refractivity contribution in [3.63, 3.8) is 0 Å². The zero-order valence-electron chi connectivity index (χ0n) is 21.6. The molecular formula is C28H29BrFN5O3S2. The summed E-state index contributed by atoms with van der Waals surface area (Å²) < 4.78 is 42.7. The Morgan fingerprint density at radius 1 is 1.27 bits per heavy atom. The van der Waals surface area contributed by atoms with Crippen molar-refractivity contribution in [3.8, 4) is 0 Å².